The molecule has 0 aromatic carbocycles. The van der Waals surface area contributed by atoms with Gasteiger partial charge in [0, 0.05) is 0 Å². The maximum absolute atomic E-state index is 11.9. The molecule has 0 aliphatic rings. The van der Waals surface area contributed by atoms with E-state index >= 15 is 0 Å². The Morgan fingerprint density at radius 3 is 1.56 bits per heavy atom. The molecule has 3 nitrogen and oxygen atoms in total. The van der Waals surface area contributed by atoms with Gasteiger partial charge in [-0.25, -0.2) is 4.79 Å². The zero-order valence-electron chi connectivity index (χ0n) is 6.86. The fourth-order valence-electron chi connectivity index (χ4n) is 0.467. The molecule has 0 amide bonds. The van der Waals surface area contributed by atoms with E-state index in [1.807, 2.05) is 0 Å². The number of carbonyl (C=O) groups excluding carboxylic acids is 1. The van der Waals surface area contributed by atoms with Gasteiger partial charge in [0.2, 0.25) is 4.84 Å². The summed E-state index contributed by atoms with van der Waals surface area (Å²) in [6.07, 6.45) is -12.5. The van der Waals surface area contributed by atoms with Crippen molar-refractivity contribution in [2.75, 3.05) is 0 Å². The molecule has 0 radical (unpaired) electrons. The molecule has 0 spiro atoms. The number of aliphatic hydroxyl groups is 1. The number of alkyl halides is 8. The van der Waals surface area contributed by atoms with Crippen molar-refractivity contribution >= 4 is 29.2 Å². The zero-order chi connectivity index (χ0) is 13.4. The highest BCUT2D eigenvalue weighted by atomic mass is 35.5. The number of halogens is 8. The normalized spacial score (nSPS) is 14.1. The summed E-state index contributed by atoms with van der Waals surface area (Å²) in [5.41, 5.74) is 0. The molecule has 0 aromatic heterocycles. The second-order valence-electron chi connectivity index (χ2n) is 2.36. The molecule has 0 unspecified atom stereocenters. The minimum absolute atomic E-state index is 2.28. The van der Waals surface area contributed by atoms with Gasteiger partial charge in [-0.15, -0.1) is 0 Å². The van der Waals surface area contributed by atoms with E-state index in [1.165, 1.54) is 0 Å². The first-order valence-electron chi connectivity index (χ1n) is 3.19. The van der Waals surface area contributed by atoms with E-state index in [9.17, 15) is 31.1 Å². The topological polar surface area (TPSA) is 46.5 Å². The summed E-state index contributed by atoms with van der Waals surface area (Å²) in [6, 6.07) is 0. The number of hydrogen-bond acceptors (Lipinski definition) is 3. The smallest absolute Gasteiger partial charge is 0.414 e. The third-order valence-electron chi connectivity index (χ3n) is 1.19. The van der Waals surface area contributed by atoms with Gasteiger partial charge >= 0.3 is 24.1 Å². The molecule has 0 saturated heterocycles. The van der Waals surface area contributed by atoms with Crippen LogP contribution in [0.15, 0.2) is 0 Å². The molecule has 11 heteroatoms. The van der Waals surface area contributed by atoms with Gasteiger partial charge in [-0.05, 0) is 0 Å². The number of carbonyl (C=O) groups is 1. The quantitative estimate of drug-likeness (QED) is 0.367. The van der Waals surface area contributed by atoms with Crippen LogP contribution in [0, 0.1) is 0 Å². The molecule has 0 heterocycles. The number of ether oxygens (including phenoxy) is 1. The second-order valence-corrected chi connectivity index (χ2v) is 3.46. The Labute approximate surface area is 93.9 Å². The van der Waals surface area contributed by atoms with Gasteiger partial charge in [0.15, 0.2) is 0 Å². The van der Waals surface area contributed by atoms with E-state index in [0.29, 0.717) is 0 Å². The standard InChI is InChI=1S/C5H2Cl2F6O3/c6-1(7)2(14)16-3(15,4(8,9)10)5(11,12)13/h1,15H. The lowest BCUT2D eigenvalue weighted by atomic mass is 10.2. The Hall–Kier alpha value is -0.410. The Morgan fingerprint density at radius 2 is 1.38 bits per heavy atom. The van der Waals surface area contributed by atoms with Gasteiger partial charge in [-0.1, -0.05) is 23.2 Å². The molecular weight excluding hydrogens is 293 g/mol. The first-order valence-corrected chi connectivity index (χ1v) is 4.07. The molecule has 1 N–H and O–H groups in total. The fraction of sp³-hybridized carbons (Fsp3) is 0.800. The Kier molecular flexibility index (Phi) is 4.34. The van der Waals surface area contributed by atoms with Gasteiger partial charge in [-0.3, -0.25) is 0 Å². The van der Waals surface area contributed by atoms with Gasteiger partial charge < -0.3 is 9.84 Å². The highest BCUT2D eigenvalue weighted by molar-refractivity contribution is 6.52. The van der Waals surface area contributed by atoms with Gasteiger partial charge in [-0.2, -0.15) is 26.3 Å². The van der Waals surface area contributed by atoms with Crippen LogP contribution in [-0.4, -0.2) is 34.1 Å². The summed E-state index contributed by atoms with van der Waals surface area (Å²) in [6.45, 7) is 0. The Balaban J connectivity index is 5.22. The van der Waals surface area contributed by atoms with Crippen LogP contribution < -0.4 is 0 Å². The van der Waals surface area contributed by atoms with Crippen LogP contribution in [0.5, 0.6) is 0 Å². The van der Waals surface area contributed by atoms with Crippen molar-refractivity contribution < 1.29 is 41.0 Å². The predicted octanol–water partition coefficient (Wildman–Crippen LogP) is 2.15. The van der Waals surface area contributed by atoms with Crippen LogP contribution in [0.25, 0.3) is 0 Å². The first kappa shape index (κ1) is 15.6. The highest BCUT2D eigenvalue weighted by Crippen LogP contribution is 2.44. The molecular formula is C5H2Cl2F6O3. The van der Waals surface area contributed by atoms with Gasteiger partial charge in [0.1, 0.15) is 0 Å². The summed E-state index contributed by atoms with van der Waals surface area (Å²) < 4.78 is 74.2. The van der Waals surface area contributed by atoms with E-state index in [4.69, 9.17) is 5.11 Å². The van der Waals surface area contributed by atoms with Crippen LogP contribution in [0.3, 0.4) is 0 Å². The maximum Gasteiger partial charge on any atom is 0.465 e. The molecule has 0 aromatic rings. The van der Waals surface area contributed by atoms with E-state index in [0.717, 1.165) is 0 Å². The fourth-order valence-corrected chi connectivity index (χ4v) is 0.556. The lowest BCUT2D eigenvalue weighted by Gasteiger charge is -2.31. The first-order chi connectivity index (χ1) is 6.83. The molecule has 16 heavy (non-hydrogen) atoms. The van der Waals surface area contributed by atoms with Crippen molar-refractivity contribution in [3.05, 3.63) is 0 Å². The van der Waals surface area contributed by atoms with E-state index in [1.54, 1.807) is 0 Å². The van der Waals surface area contributed by atoms with E-state index in [2.05, 4.69) is 27.9 Å². The van der Waals surface area contributed by atoms with Crippen molar-refractivity contribution in [3.8, 4) is 0 Å². The van der Waals surface area contributed by atoms with Crippen LogP contribution in [0.4, 0.5) is 26.3 Å². The summed E-state index contributed by atoms with van der Waals surface area (Å²) in [5, 5.41) is 8.29. The summed E-state index contributed by atoms with van der Waals surface area (Å²) in [4.78, 5) is 8.11. The van der Waals surface area contributed by atoms with E-state index < -0.39 is 28.9 Å². The summed E-state index contributed by atoms with van der Waals surface area (Å²) >= 11 is 9.36. The molecule has 0 bridgehead atoms. The molecule has 0 rings (SSSR count). The third kappa shape index (κ3) is 3.05. The molecule has 0 saturated carbocycles. The maximum atomic E-state index is 11.9. The minimum Gasteiger partial charge on any atom is -0.414 e. The average Bonchev–Trinajstić information content (AvgIpc) is 1.99. The van der Waals surface area contributed by atoms with Crippen LogP contribution in [0.1, 0.15) is 0 Å². The monoisotopic (exact) mass is 294 g/mol. The molecule has 0 aliphatic carbocycles. The largest absolute Gasteiger partial charge is 0.465 e. The lowest BCUT2D eigenvalue weighted by Crippen LogP contribution is -2.60. The summed E-state index contributed by atoms with van der Waals surface area (Å²) in [7, 11) is 0. The SMILES string of the molecule is O=C(OC(O)(C(F)(F)F)C(F)(F)F)C(Cl)Cl. The van der Waals surface area contributed by atoms with Crippen molar-refractivity contribution in [2.45, 2.75) is 23.0 Å². The highest BCUT2D eigenvalue weighted by Gasteiger charge is 2.74. The Morgan fingerprint density at radius 1 is 1.06 bits per heavy atom. The van der Waals surface area contributed by atoms with Crippen molar-refractivity contribution in [1.82, 2.24) is 0 Å². The van der Waals surface area contributed by atoms with Crippen molar-refractivity contribution in [1.29, 1.82) is 0 Å². The summed E-state index contributed by atoms with van der Waals surface area (Å²) in [5.74, 6) is -7.92. The van der Waals surface area contributed by atoms with Crippen molar-refractivity contribution in [2.24, 2.45) is 0 Å². The second kappa shape index (κ2) is 4.46. The van der Waals surface area contributed by atoms with Crippen LogP contribution in [-0.2, 0) is 9.53 Å². The van der Waals surface area contributed by atoms with Crippen LogP contribution in [0.2, 0.25) is 0 Å². The third-order valence-corrected chi connectivity index (χ3v) is 1.55. The minimum atomic E-state index is -6.27. The molecule has 0 fully saturated rings. The number of esters is 1. The molecule has 96 valence electrons. The van der Waals surface area contributed by atoms with Crippen molar-refractivity contribution in [3.63, 3.8) is 0 Å². The van der Waals surface area contributed by atoms with Gasteiger partial charge in [0.05, 0.1) is 0 Å². The number of rotatable bonds is 2. The molecule has 0 aliphatic heterocycles. The molecule has 0 atom stereocenters. The lowest BCUT2D eigenvalue weighted by molar-refractivity contribution is -0.444. The number of hydrogen-bond donors (Lipinski definition) is 1. The Bertz CT molecular complexity index is 258. The predicted molar refractivity (Wildman–Crippen MR) is 38.6 cm³/mol. The zero-order valence-corrected chi connectivity index (χ0v) is 8.38. The average molecular weight is 295 g/mol. The van der Waals surface area contributed by atoms with Crippen LogP contribution >= 0.6 is 23.2 Å². The van der Waals surface area contributed by atoms with E-state index in [-0.39, 0.29) is 0 Å². The van der Waals surface area contributed by atoms with Gasteiger partial charge in [0.25, 0.3) is 0 Å².